The van der Waals surface area contributed by atoms with Gasteiger partial charge in [0.2, 0.25) is 0 Å². The van der Waals surface area contributed by atoms with Crippen LogP contribution >= 0.6 is 0 Å². The Kier molecular flexibility index (Phi) is 3.52. The molecule has 3 heterocycles. The Morgan fingerprint density at radius 2 is 2.05 bits per heavy atom. The van der Waals surface area contributed by atoms with Crippen LogP contribution in [0.5, 0.6) is 0 Å². The third kappa shape index (κ3) is 2.38. The Bertz CT molecular complexity index is 454. The summed E-state index contributed by atoms with van der Waals surface area (Å²) >= 11 is 0. The average molecular weight is 262 g/mol. The van der Waals surface area contributed by atoms with Crippen LogP contribution in [0.2, 0.25) is 0 Å². The van der Waals surface area contributed by atoms with Crippen LogP contribution in [0.4, 0.5) is 0 Å². The molecule has 2 atom stereocenters. The smallest absolute Gasteiger partial charge is 0.158 e. The molecule has 5 heteroatoms. The molecule has 2 aliphatic rings. The Morgan fingerprint density at radius 3 is 2.74 bits per heavy atom. The summed E-state index contributed by atoms with van der Waals surface area (Å²) < 4.78 is 5.96. The van der Waals surface area contributed by atoms with Gasteiger partial charge in [0.15, 0.2) is 5.82 Å². The minimum absolute atomic E-state index is 0.0126. The van der Waals surface area contributed by atoms with Crippen molar-refractivity contribution in [2.45, 2.75) is 45.4 Å². The number of rotatable bonds is 2. The van der Waals surface area contributed by atoms with Crippen molar-refractivity contribution < 1.29 is 4.74 Å². The maximum Gasteiger partial charge on any atom is 0.158 e. The minimum Gasteiger partial charge on any atom is -0.367 e. The van der Waals surface area contributed by atoms with E-state index in [2.05, 4.69) is 14.9 Å². The van der Waals surface area contributed by atoms with E-state index >= 15 is 0 Å². The maximum atomic E-state index is 5.96. The van der Waals surface area contributed by atoms with Gasteiger partial charge in [0.1, 0.15) is 6.10 Å². The molecule has 1 aromatic rings. The van der Waals surface area contributed by atoms with Crippen LogP contribution in [0.15, 0.2) is 0 Å². The van der Waals surface area contributed by atoms with Crippen molar-refractivity contribution in [2.24, 2.45) is 5.73 Å². The van der Waals surface area contributed by atoms with Gasteiger partial charge in [-0.2, -0.15) is 0 Å². The molecule has 2 N–H and O–H groups in total. The molecule has 0 aromatic carbocycles. The van der Waals surface area contributed by atoms with Crippen molar-refractivity contribution >= 4 is 0 Å². The van der Waals surface area contributed by atoms with Crippen molar-refractivity contribution in [3.05, 3.63) is 22.8 Å². The van der Waals surface area contributed by atoms with Crippen molar-refractivity contribution in [1.29, 1.82) is 0 Å². The van der Waals surface area contributed by atoms with Crippen LogP contribution in [0.25, 0.3) is 0 Å². The summed E-state index contributed by atoms with van der Waals surface area (Å²) in [6, 6.07) is 0.613. The quantitative estimate of drug-likeness (QED) is 0.864. The predicted molar refractivity (Wildman–Crippen MR) is 72.7 cm³/mol. The second-order valence-electron chi connectivity index (χ2n) is 5.55. The van der Waals surface area contributed by atoms with E-state index < -0.39 is 0 Å². The lowest BCUT2D eigenvalue weighted by molar-refractivity contribution is -0.0542. The molecule has 2 aliphatic heterocycles. The molecule has 104 valence electrons. The fraction of sp³-hybridized carbons (Fsp3) is 0.714. The summed E-state index contributed by atoms with van der Waals surface area (Å²) in [6.07, 6.45) is 2.56. The van der Waals surface area contributed by atoms with Gasteiger partial charge in [0, 0.05) is 36.1 Å². The van der Waals surface area contributed by atoms with Crippen molar-refractivity contribution in [1.82, 2.24) is 14.9 Å². The molecule has 0 saturated carbocycles. The molecule has 2 unspecified atom stereocenters. The topological polar surface area (TPSA) is 64.3 Å². The van der Waals surface area contributed by atoms with Crippen molar-refractivity contribution in [3.63, 3.8) is 0 Å². The molecule has 0 radical (unpaired) electrons. The number of ether oxygens (including phenoxy) is 1. The first-order chi connectivity index (χ1) is 9.19. The number of hydrogen-bond acceptors (Lipinski definition) is 5. The van der Waals surface area contributed by atoms with Gasteiger partial charge in [-0.05, 0) is 33.2 Å². The standard InChI is InChI=1S/C14H22N4O/c1-9-12(6-15)10(2)17-14(16-9)13-7-18-5-3-4-11(18)8-19-13/h11,13H,3-8,15H2,1-2H3. The van der Waals surface area contributed by atoms with E-state index in [1.807, 2.05) is 13.8 Å². The highest BCUT2D eigenvalue weighted by atomic mass is 16.5. The van der Waals surface area contributed by atoms with Gasteiger partial charge in [-0.15, -0.1) is 0 Å². The molecule has 0 amide bonds. The Balaban J connectivity index is 1.82. The molecular formula is C14H22N4O. The number of aromatic nitrogens is 2. The summed E-state index contributed by atoms with van der Waals surface area (Å²) in [5.74, 6) is 0.817. The van der Waals surface area contributed by atoms with E-state index in [-0.39, 0.29) is 6.10 Å². The first-order valence-electron chi connectivity index (χ1n) is 7.08. The van der Waals surface area contributed by atoms with Crippen LogP contribution in [-0.4, -0.2) is 40.6 Å². The number of fused-ring (bicyclic) bond motifs is 1. The van der Waals surface area contributed by atoms with Crippen molar-refractivity contribution in [3.8, 4) is 0 Å². The Morgan fingerprint density at radius 1 is 1.32 bits per heavy atom. The predicted octanol–water partition coefficient (Wildman–Crippen LogP) is 1.09. The van der Waals surface area contributed by atoms with E-state index in [9.17, 15) is 0 Å². The maximum absolute atomic E-state index is 5.96. The van der Waals surface area contributed by atoms with Gasteiger partial charge in [-0.1, -0.05) is 0 Å². The summed E-state index contributed by atoms with van der Waals surface area (Å²) in [5.41, 5.74) is 8.75. The lowest BCUT2D eigenvalue weighted by Crippen LogP contribution is -2.43. The van der Waals surface area contributed by atoms with E-state index in [0.717, 1.165) is 35.9 Å². The summed E-state index contributed by atoms with van der Waals surface area (Å²) in [4.78, 5) is 11.7. The molecule has 0 spiro atoms. The zero-order chi connectivity index (χ0) is 13.4. The third-order valence-corrected chi connectivity index (χ3v) is 4.32. The second-order valence-corrected chi connectivity index (χ2v) is 5.55. The van der Waals surface area contributed by atoms with Gasteiger partial charge in [-0.3, -0.25) is 4.90 Å². The summed E-state index contributed by atoms with van der Waals surface area (Å²) in [6.45, 7) is 7.42. The normalized spacial score (nSPS) is 27.5. The van der Waals surface area contributed by atoms with Crippen LogP contribution in [0.3, 0.4) is 0 Å². The number of morpholine rings is 1. The highest BCUT2D eigenvalue weighted by Gasteiger charge is 2.34. The largest absolute Gasteiger partial charge is 0.367 e. The molecule has 2 saturated heterocycles. The zero-order valence-corrected chi connectivity index (χ0v) is 11.7. The summed E-state index contributed by atoms with van der Waals surface area (Å²) in [7, 11) is 0. The van der Waals surface area contributed by atoms with E-state index in [1.54, 1.807) is 0 Å². The average Bonchev–Trinajstić information content (AvgIpc) is 2.85. The van der Waals surface area contributed by atoms with Gasteiger partial charge < -0.3 is 10.5 Å². The fourth-order valence-electron chi connectivity index (χ4n) is 3.18. The van der Waals surface area contributed by atoms with Gasteiger partial charge in [-0.25, -0.2) is 9.97 Å². The Labute approximate surface area is 114 Å². The zero-order valence-electron chi connectivity index (χ0n) is 11.7. The fourth-order valence-corrected chi connectivity index (χ4v) is 3.18. The van der Waals surface area contributed by atoms with Crippen LogP contribution in [0, 0.1) is 13.8 Å². The second kappa shape index (κ2) is 5.15. The van der Waals surface area contributed by atoms with Gasteiger partial charge >= 0.3 is 0 Å². The lowest BCUT2D eigenvalue weighted by Gasteiger charge is -2.34. The SMILES string of the molecule is Cc1nc(C2CN3CCCC3CO2)nc(C)c1CN. The number of aryl methyl sites for hydroxylation is 2. The van der Waals surface area contributed by atoms with E-state index in [1.165, 1.54) is 19.4 Å². The first kappa shape index (κ1) is 13.0. The Hall–Kier alpha value is -1.04. The molecule has 0 bridgehead atoms. The molecule has 5 nitrogen and oxygen atoms in total. The molecule has 2 fully saturated rings. The molecule has 3 rings (SSSR count). The van der Waals surface area contributed by atoms with Crippen molar-refractivity contribution in [2.75, 3.05) is 19.7 Å². The lowest BCUT2D eigenvalue weighted by atomic mass is 10.1. The molecule has 0 aliphatic carbocycles. The van der Waals surface area contributed by atoms with Crippen LogP contribution in [0.1, 0.15) is 41.7 Å². The highest BCUT2D eigenvalue weighted by Crippen LogP contribution is 2.29. The summed E-state index contributed by atoms with van der Waals surface area (Å²) in [5, 5.41) is 0. The third-order valence-electron chi connectivity index (χ3n) is 4.32. The number of nitrogens with zero attached hydrogens (tertiary/aromatic N) is 3. The van der Waals surface area contributed by atoms with Gasteiger partial charge in [0.05, 0.1) is 6.61 Å². The van der Waals surface area contributed by atoms with E-state index in [0.29, 0.717) is 12.6 Å². The molecule has 1 aromatic heterocycles. The highest BCUT2D eigenvalue weighted by molar-refractivity contribution is 5.24. The molecular weight excluding hydrogens is 240 g/mol. The van der Waals surface area contributed by atoms with Crippen LogP contribution < -0.4 is 5.73 Å². The van der Waals surface area contributed by atoms with Crippen LogP contribution in [-0.2, 0) is 11.3 Å². The molecule has 19 heavy (non-hydrogen) atoms. The van der Waals surface area contributed by atoms with E-state index in [4.69, 9.17) is 10.5 Å². The number of hydrogen-bond donors (Lipinski definition) is 1. The minimum atomic E-state index is 0.0126. The number of nitrogens with two attached hydrogens (primary N) is 1. The van der Waals surface area contributed by atoms with Gasteiger partial charge in [0.25, 0.3) is 0 Å². The monoisotopic (exact) mass is 262 g/mol. The first-order valence-corrected chi connectivity index (χ1v) is 7.08.